The zero-order valence-electron chi connectivity index (χ0n) is 16.2. The smallest absolute Gasteiger partial charge is 0.225 e. The Hall–Kier alpha value is -0.900. The number of guanidine groups is 1. The molecule has 3 rings (SSSR count). The summed E-state index contributed by atoms with van der Waals surface area (Å²) in [6, 6.07) is 5.07. The van der Waals surface area contributed by atoms with E-state index in [9.17, 15) is 9.18 Å². The number of likely N-dealkylation sites (tertiary alicyclic amines) is 1. The van der Waals surface area contributed by atoms with Crippen LogP contribution >= 0.6 is 39.9 Å². The summed E-state index contributed by atoms with van der Waals surface area (Å²) < 4.78 is 14.7. The molecule has 1 aliphatic heterocycles. The molecule has 2 fully saturated rings. The molecule has 0 spiro atoms. The Labute approximate surface area is 192 Å². The number of rotatable bonds is 4. The second-order valence-corrected chi connectivity index (χ2v) is 8.33. The highest BCUT2D eigenvalue weighted by atomic mass is 127. The number of nitrogens with zero attached hydrogens (tertiary/aromatic N) is 2. The molecule has 1 atom stereocenters. The standard InChI is InChI=1S/C20H28BrFN4O.HI/c1-23-20(24-12-15-11-16(21)7-8-18(15)22)25-17-9-10-26(13-17)19(27)14-5-3-2-4-6-14;/h7-8,11,14,17H,2-6,9-10,12-13H2,1H3,(H2,23,24,25);1H. The maximum absolute atomic E-state index is 13.9. The number of amides is 1. The van der Waals surface area contributed by atoms with Crippen LogP contribution in [0.4, 0.5) is 4.39 Å². The predicted molar refractivity (Wildman–Crippen MR) is 124 cm³/mol. The van der Waals surface area contributed by atoms with E-state index in [2.05, 4.69) is 31.6 Å². The van der Waals surface area contributed by atoms with Gasteiger partial charge in [-0.3, -0.25) is 9.79 Å². The van der Waals surface area contributed by atoms with E-state index in [0.29, 0.717) is 30.5 Å². The monoisotopic (exact) mass is 566 g/mol. The number of carbonyl (C=O) groups excluding carboxylic acids is 1. The Morgan fingerprint density at radius 2 is 2.04 bits per heavy atom. The first kappa shape index (κ1) is 23.4. The van der Waals surface area contributed by atoms with Crippen LogP contribution in [0.1, 0.15) is 44.1 Å². The van der Waals surface area contributed by atoms with Gasteiger partial charge in [-0.1, -0.05) is 35.2 Å². The van der Waals surface area contributed by atoms with Crippen molar-refractivity contribution in [3.8, 4) is 0 Å². The lowest BCUT2D eigenvalue weighted by Gasteiger charge is -2.26. The van der Waals surface area contributed by atoms with E-state index in [0.717, 1.165) is 30.3 Å². The van der Waals surface area contributed by atoms with Crippen molar-refractivity contribution in [2.75, 3.05) is 20.1 Å². The van der Waals surface area contributed by atoms with Crippen LogP contribution in [0.3, 0.4) is 0 Å². The van der Waals surface area contributed by atoms with Crippen molar-refractivity contribution in [1.29, 1.82) is 0 Å². The summed E-state index contributed by atoms with van der Waals surface area (Å²) in [5.41, 5.74) is 0.577. The molecule has 2 aliphatic rings. The molecule has 0 bridgehead atoms. The van der Waals surface area contributed by atoms with E-state index < -0.39 is 0 Å². The van der Waals surface area contributed by atoms with Crippen molar-refractivity contribution in [2.45, 2.75) is 51.1 Å². The van der Waals surface area contributed by atoms with Crippen LogP contribution in [0, 0.1) is 11.7 Å². The molecule has 1 aromatic rings. The van der Waals surface area contributed by atoms with Crippen molar-refractivity contribution >= 4 is 51.8 Å². The average molecular weight is 567 g/mol. The topological polar surface area (TPSA) is 56.7 Å². The fraction of sp³-hybridized carbons (Fsp3) is 0.600. The van der Waals surface area contributed by atoms with Gasteiger partial charge in [0.05, 0.1) is 0 Å². The molecule has 1 saturated heterocycles. The number of hydrogen-bond acceptors (Lipinski definition) is 2. The van der Waals surface area contributed by atoms with Crippen molar-refractivity contribution in [3.05, 3.63) is 34.1 Å². The SMILES string of the molecule is CN=C(NCc1cc(Br)ccc1F)NC1CCN(C(=O)C2CCCCC2)C1.I. The minimum atomic E-state index is -0.244. The number of halogens is 3. The van der Waals surface area contributed by atoms with E-state index in [-0.39, 0.29) is 41.8 Å². The van der Waals surface area contributed by atoms with Gasteiger partial charge in [-0.15, -0.1) is 24.0 Å². The summed E-state index contributed by atoms with van der Waals surface area (Å²) in [6.07, 6.45) is 6.59. The molecular weight excluding hydrogens is 538 g/mol. The quantitative estimate of drug-likeness (QED) is 0.328. The van der Waals surface area contributed by atoms with Gasteiger partial charge in [0.1, 0.15) is 5.82 Å². The van der Waals surface area contributed by atoms with Gasteiger partial charge in [0, 0.05) is 48.7 Å². The second-order valence-electron chi connectivity index (χ2n) is 7.41. The largest absolute Gasteiger partial charge is 0.352 e. The lowest BCUT2D eigenvalue weighted by Crippen LogP contribution is -2.45. The van der Waals surface area contributed by atoms with Crippen LogP contribution in [0.2, 0.25) is 0 Å². The summed E-state index contributed by atoms with van der Waals surface area (Å²) in [4.78, 5) is 18.9. The molecule has 1 saturated carbocycles. The molecule has 2 N–H and O–H groups in total. The molecule has 1 aromatic carbocycles. The number of aliphatic imine (C=N–C) groups is 1. The number of nitrogens with one attached hydrogen (secondary N) is 2. The molecule has 5 nitrogen and oxygen atoms in total. The normalized spacial score (nSPS) is 20.6. The molecule has 0 radical (unpaired) electrons. The average Bonchev–Trinajstić information content (AvgIpc) is 3.16. The van der Waals surface area contributed by atoms with Gasteiger partial charge in [-0.25, -0.2) is 4.39 Å². The third-order valence-electron chi connectivity index (χ3n) is 5.47. The molecule has 1 unspecified atom stereocenters. The molecule has 1 amide bonds. The summed E-state index contributed by atoms with van der Waals surface area (Å²) in [6.45, 7) is 1.86. The zero-order chi connectivity index (χ0) is 19.2. The van der Waals surface area contributed by atoms with Crippen LogP contribution in [0.15, 0.2) is 27.7 Å². The Morgan fingerprint density at radius 3 is 2.75 bits per heavy atom. The summed E-state index contributed by atoms with van der Waals surface area (Å²) in [7, 11) is 1.70. The Morgan fingerprint density at radius 1 is 1.29 bits per heavy atom. The fourth-order valence-corrected chi connectivity index (χ4v) is 4.34. The summed E-state index contributed by atoms with van der Waals surface area (Å²) >= 11 is 3.37. The van der Waals surface area contributed by atoms with E-state index >= 15 is 0 Å². The third kappa shape index (κ3) is 6.30. The molecule has 28 heavy (non-hydrogen) atoms. The highest BCUT2D eigenvalue weighted by Crippen LogP contribution is 2.26. The molecule has 1 heterocycles. The zero-order valence-corrected chi connectivity index (χ0v) is 20.1. The highest BCUT2D eigenvalue weighted by molar-refractivity contribution is 14.0. The fourth-order valence-electron chi connectivity index (χ4n) is 3.93. The lowest BCUT2D eigenvalue weighted by atomic mass is 9.88. The first-order valence-corrected chi connectivity index (χ1v) is 10.6. The van der Waals surface area contributed by atoms with Crippen LogP contribution in [-0.4, -0.2) is 42.9 Å². The van der Waals surface area contributed by atoms with E-state index in [1.165, 1.54) is 25.3 Å². The van der Waals surface area contributed by atoms with Crippen LogP contribution in [0.25, 0.3) is 0 Å². The van der Waals surface area contributed by atoms with Gasteiger partial charge >= 0.3 is 0 Å². The van der Waals surface area contributed by atoms with Gasteiger partial charge in [-0.2, -0.15) is 0 Å². The van der Waals surface area contributed by atoms with Crippen LogP contribution < -0.4 is 10.6 Å². The predicted octanol–water partition coefficient (Wildman–Crippen LogP) is 4.05. The van der Waals surface area contributed by atoms with Gasteiger partial charge < -0.3 is 15.5 Å². The highest BCUT2D eigenvalue weighted by Gasteiger charge is 2.31. The van der Waals surface area contributed by atoms with Gasteiger partial charge in [0.15, 0.2) is 5.96 Å². The maximum Gasteiger partial charge on any atom is 0.225 e. The Kier molecular flexibility index (Phi) is 9.46. The Bertz CT molecular complexity index is 697. The molecule has 1 aliphatic carbocycles. The minimum absolute atomic E-state index is 0. The van der Waals surface area contributed by atoms with Crippen molar-refractivity contribution in [3.63, 3.8) is 0 Å². The first-order valence-electron chi connectivity index (χ1n) is 9.76. The van der Waals surface area contributed by atoms with Crippen molar-refractivity contribution < 1.29 is 9.18 Å². The van der Waals surface area contributed by atoms with E-state index in [1.54, 1.807) is 19.2 Å². The van der Waals surface area contributed by atoms with Gasteiger partial charge in [-0.05, 0) is 37.5 Å². The summed E-state index contributed by atoms with van der Waals surface area (Å²) in [5.74, 6) is 0.921. The molecule has 156 valence electrons. The van der Waals surface area contributed by atoms with Crippen molar-refractivity contribution in [1.82, 2.24) is 15.5 Å². The number of benzene rings is 1. The van der Waals surface area contributed by atoms with Crippen LogP contribution in [-0.2, 0) is 11.3 Å². The van der Waals surface area contributed by atoms with E-state index in [4.69, 9.17) is 0 Å². The second kappa shape index (κ2) is 11.3. The molecule has 8 heteroatoms. The summed E-state index contributed by atoms with van der Waals surface area (Å²) in [5, 5.41) is 6.53. The minimum Gasteiger partial charge on any atom is -0.352 e. The van der Waals surface area contributed by atoms with Crippen LogP contribution in [0.5, 0.6) is 0 Å². The van der Waals surface area contributed by atoms with Crippen molar-refractivity contribution in [2.24, 2.45) is 10.9 Å². The van der Waals surface area contributed by atoms with Gasteiger partial charge in [0.2, 0.25) is 5.91 Å². The number of hydrogen-bond donors (Lipinski definition) is 2. The molecule has 0 aromatic heterocycles. The third-order valence-corrected chi connectivity index (χ3v) is 5.97. The Balaban J connectivity index is 0.00000280. The molecular formula is C20H29BrFIN4O. The maximum atomic E-state index is 13.9. The van der Waals surface area contributed by atoms with E-state index in [1.807, 2.05) is 4.90 Å². The first-order chi connectivity index (χ1) is 13.1. The lowest BCUT2D eigenvalue weighted by molar-refractivity contribution is -0.135. The van der Waals surface area contributed by atoms with Gasteiger partial charge in [0.25, 0.3) is 0 Å². The number of carbonyl (C=O) groups is 1.